The number of hydrogen-bond donors (Lipinski definition) is 1. The molecule has 2 heterocycles. The number of carbonyl (C=O) groups is 2. The Morgan fingerprint density at radius 2 is 1.76 bits per heavy atom. The van der Waals surface area contributed by atoms with Crippen LogP contribution in [-0.4, -0.2) is 60.5 Å². The van der Waals surface area contributed by atoms with Crippen LogP contribution >= 0.6 is 23.4 Å². The summed E-state index contributed by atoms with van der Waals surface area (Å²) in [7, 11) is 0. The third-order valence-electron chi connectivity index (χ3n) is 6.74. The number of hydrogen-bond acceptors (Lipinski definition) is 7. The van der Waals surface area contributed by atoms with Crippen LogP contribution in [0.2, 0.25) is 5.02 Å². The van der Waals surface area contributed by atoms with Crippen molar-refractivity contribution in [2.75, 3.05) is 6.61 Å². The molecule has 0 saturated carbocycles. The Balaban J connectivity index is 1.47. The first-order valence-corrected chi connectivity index (χ1v) is 14.7. The van der Waals surface area contributed by atoms with Gasteiger partial charge in [-0.25, -0.2) is 9.89 Å². The van der Waals surface area contributed by atoms with E-state index in [2.05, 4.69) is 32.5 Å². The van der Waals surface area contributed by atoms with Crippen molar-refractivity contribution in [3.05, 3.63) is 88.9 Å². The number of nitrogens with one attached hydrogen (secondary N) is 1. The second-order valence-corrected chi connectivity index (χ2v) is 11.1. The summed E-state index contributed by atoms with van der Waals surface area (Å²) in [6.07, 6.45) is 1.65. The lowest BCUT2D eigenvalue weighted by atomic mass is 9.98. The van der Waals surface area contributed by atoms with Gasteiger partial charge in [-0.1, -0.05) is 97.4 Å². The number of aliphatic imine (C=N–C) groups is 1. The molecule has 1 aromatic heterocycles. The minimum atomic E-state index is -0.572. The lowest BCUT2D eigenvalue weighted by Crippen LogP contribution is -2.44. The van der Waals surface area contributed by atoms with Gasteiger partial charge >= 0.3 is 5.97 Å². The summed E-state index contributed by atoms with van der Waals surface area (Å²) in [6.45, 7) is 4.51. The Kier molecular flexibility index (Phi) is 9.11. The first kappa shape index (κ1) is 28.5. The summed E-state index contributed by atoms with van der Waals surface area (Å²) >= 11 is 7.72. The van der Waals surface area contributed by atoms with Gasteiger partial charge in [-0.05, 0) is 52.6 Å². The molecule has 1 amide bonds. The maximum atomic E-state index is 13.2. The molecular formula is C30H29ClN6O3S. The van der Waals surface area contributed by atoms with Gasteiger partial charge in [0.05, 0.1) is 17.2 Å². The average molecular weight is 589 g/mol. The Bertz CT molecular complexity index is 1540. The highest BCUT2D eigenvalue weighted by atomic mass is 35.5. The SMILES string of the molecule is CCCC1SC(=NC(=O)c2ccccc2Cl)N(Cc2ccc(-c3ccccc3-c3nnn[nH]3)cc2)C1C(=O)OCC. The second-order valence-electron chi connectivity index (χ2n) is 9.44. The predicted molar refractivity (Wildman–Crippen MR) is 161 cm³/mol. The molecule has 41 heavy (non-hydrogen) atoms. The third kappa shape index (κ3) is 6.34. The molecule has 2 atom stereocenters. The quantitative estimate of drug-likeness (QED) is 0.236. The maximum Gasteiger partial charge on any atom is 0.330 e. The molecule has 2 unspecified atom stereocenters. The molecule has 210 valence electrons. The summed E-state index contributed by atoms with van der Waals surface area (Å²) in [4.78, 5) is 32.7. The summed E-state index contributed by atoms with van der Waals surface area (Å²) in [5, 5.41) is 15.0. The molecule has 0 spiro atoms. The van der Waals surface area contributed by atoms with Gasteiger partial charge in [-0.3, -0.25) is 4.79 Å². The predicted octanol–water partition coefficient (Wildman–Crippen LogP) is 6.03. The molecule has 9 nitrogen and oxygen atoms in total. The average Bonchev–Trinajstić information content (AvgIpc) is 3.63. The lowest BCUT2D eigenvalue weighted by molar-refractivity contribution is -0.148. The molecular weight excluding hydrogens is 560 g/mol. The minimum Gasteiger partial charge on any atom is -0.464 e. The van der Waals surface area contributed by atoms with Crippen LogP contribution in [0.3, 0.4) is 0 Å². The van der Waals surface area contributed by atoms with Gasteiger partial charge in [0, 0.05) is 17.4 Å². The number of ether oxygens (including phenoxy) is 1. The topological polar surface area (TPSA) is 113 Å². The number of rotatable bonds is 9. The monoisotopic (exact) mass is 588 g/mol. The summed E-state index contributed by atoms with van der Waals surface area (Å²) in [5.41, 5.74) is 4.13. The van der Waals surface area contributed by atoms with E-state index in [9.17, 15) is 9.59 Å². The Morgan fingerprint density at radius 1 is 1.02 bits per heavy atom. The fraction of sp³-hybridized carbons (Fsp3) is 0.267. The molecule has 1 saturated heterocycles. The highest BCUT2D eigenvalue weighted by molar-refractivity contribution is 8.14. The molecule has 5 rings (SSSR count). The number of H-pyrrole nitrogens is 1. The van der Waals surface area contributed by atoms with Crippen molar-refractivity contribution in [2.45, 2.75) is 44.5 Å². The zero-order chi connectivity index (χ0) is 28.8. The number of halogens is 1. The lowest BCUT2D eigenvalue weighted by Gasteiger charge is -2.27. The van der Waals surface area contributed by atoms with Gasteiger partial charge in [0.1, 0.15) is 6.04 Å². The Morgan fingerprint density at radius 3 is 2.44 bits per heavy atom. The van der Waals surface area contributed by atoms with Gasteiger partial charge < -0.3 is 9.64 Å². The van der Waals surface area contributed by atoms with Gasteiger partial charge in [0.2, 0.25) is 0 Å². The fourth-order valence-electron chi connectivity index (χ4n) is 4.83. The Labute approximate surface area is 247 Å². The van der Waals surface area contributed by atoms with Crippen molar-refractivity contribution in [2.24, 2.45) is 4.99 Å². The molecule has 0 aliphatic carbocycles. The van der Waals surface area contributed by atoms with E-state index < -0.39 is 11.9 Å². The van der Waals surface area contributed by atoms with Crippen molar-refractivity contribution in [1.82, 2.24) is 25.5 Å². The van der Waals surface area contributed by atoms with E-state index in [4.69, 9.17) is 16.3 Å². The molecule has 11 heteroatoms. The molecule has 0 radical (unpaired) electrons. The maximum absolute atomic E-state index is 13.2. The second kappa shape index (κ2) is 13.1. The van der Waals surface area contributed by atoms with Crippen LogP contribution in [0.4, 0.5) is 0 Å². The van der Waals surface area contributed by atoms with E-state index in [1.807, 2.05) is 53.4 Å². The summed E-state index contributed by atoms with van der Waals surface area (Å²) in [5.74, 6) is -0.182. The van der Waals surface area contributed by atoms with E-state index in [1.54, 1.807) is 31.2 Å². The first-order valence-electron chi connectivity index (χ1n) is 13.4. The number of nitrogens with zero attached hydrogens (tertiary/aromatic N) is 5. The number of amidine groups is 1. The van der Waals surface area contributed by atoms with E-state index in [0.717, 1.165) is 35.1 Å². The molecule has 1 aliphatic heterocycles. The van der Waals surface area contributed by atoms with Crippen molar-refractivity contribution in [3.63, 3.8) is 0 Å². The molecule has 4 aromatic rings. The van der Waals surface area contributed by atoms with Gasteiger partial charge in [0.15, 0.2) is 11.0 Å². The first-order chi connectivity index (χ1) is 20.0. The number of thioether (sulfide) groups is 1. The van der Waals surface area contributed by atoms with Crippen LogP contribution in [0.5, 0.6) is 0 Å². The standard InChI is InChI=1S/C30H29ClN6O3S/c1-3-9-25-26(29(39)40-4-2)37(30(41-25)32-28(38)23-12-7-8-13-24(23)31)18-19-14-16-20(17-15-19)21-10-5-6-11-22(21)27-33-35-36-34-27/h5-8,10-17,25-26H,3-4,9,18H2,1-2H3,(H,33,34,35,36). The zero-order valence-electron chi connectivity index (χ0n) is 22.7. The van der Waals surface area contributed by atoms with Crippen LogP contribution in [-0.2, 0) is 16.1 Å². The van der Waals surface area contributed by atoms with Crippen molar-refractivity contribution >= 4 is 40.4 Å². The van der Waals surface area contributed by atoms with Crippen molar-refractivity contribution < 1.29 is 14.3 Å². The highest BCUT2D eigenvalue weighted by Gasteiger charge is 2.44. The van der Waals surface area contributed by atoms with Crippen LogP contribution < -0.4 is 0 Å². The molecule has 1 N–H and O–H groups in total. The van der Waals surface area contributed by atoms with Gasteiger partial charge in [-0.15, -0.1) is 5.10 Å². The molecule has 3 aromatic carbocycles. The van der Waals surface area contributed by atoms with Crippen LogP contribution in [0, 0.1) is 0 Å². The van der Waals surface area contributed by atoms with Gasteiger partial charge in [0.25, 0.3) is 5.91 Å². The van der Waals surface area contributed by atoms with Crippen molar-refractivity contribution in [3.8, 4) is 22.5 Å². The minimum absolute atomic E-state index is 0.0986. The van der Waals surface area contributed by atoms with Crippen LogP contribution in [0.1, 0.15) is 42.6 Å². The normalized spacial score (nSPS) is 17.6. The van der Waals surface area contributed by atoms with Gasteiger partial charge in [-0.2, -0.15) is 4.99 Å². The number of benzene rings is 3. The number of esters is 1. The van der Waals surface area contributed by atoms with E-state index in [-0.39, 0.29) is 17.8 Å². The smallest absolute Gasteiger partial charge is 0.330 e. The molecule has 1 aliphatic rings. The number of carbonyl (C=O) groups excluding carboxylic acids is 2. The largest absolute Gasteiger partial charge is 0.464 e. The fourth-order valence-corrected chi connectivity index (χ4v) is 6.51. The van der Waals surface area contributed by atoms with E-state index in [1.165, 1.54) is 11.8 Å². The van der Waals surface area contributed by atoms with Crippen LogP contribution in [0.25, 0.3) is 22.5 Å². The Hall–Kier alpha value is -4.02. The highest BCUT2D eigenvalue weighted by Crippen LogP contribution is 2.37. The number of aromatic nitrogens is 4. The van der Waals surface area contributed by atoms with E-state index in [0.29, 0.717) is 28.1 Å². The number of tetrazole rings is 1. The zero-order valence-corrected chi connectivity index (χ0v) is 24.2. The van der Waals surface area contributed by atoms with Crippen LogP contribution in [0.15, 0.2) is 77.8 Å². The number of aromatic amines is 1. The molecule has 1 fully saturated rings. The van der Waals surface area contributed by atoms with Crippen molar-refractivity contribution in [1.29, 1.82) is 0 Å². The number of amides is 1. The van der Waals surface area contributed by atoms with E-state index >= 15 is 0 Å². The third-order valence-corrected chi connectivity index (χ3v) is 8.40. The molecule has 0 bridgehead atoms. The summed E-state index contributed by atoms with van der Waals surface area (Å²) < 4.78 is 5.48. The summed E-state index contributed by atoms with van der Waals surface area (Å²) in [6, 6.07) is 22.2.